The Morgan fingerprint density at radius 3 is 1.61 bits per heavy atom. The van der Waals surface area contributed by atoms with Crippen LogP contribution < -0.4 is 4.90 Å². The van der Waals surface area contributed by atoms with E-state index in [-0.39, 0.29) is 5.41 Å². The van der Waals surface area contributed by atoms with E-state index in [0.717, 1.165) is 17.1 Å². The fraction of sp³-hybridized carbons (Fsp3) is 0.0294. The van der Waals surface area contributed by atoms with Gasteiger partial charge in [0.2, 0.25) is 0 Å². The fourth-order valence-corrected chi connectivity index (χ4v) is 11.4. The normalized spacial score (nSPS) is 13.9. The summed E-state index contributed by atoms with van der Waals surface area (Å²) in [4.78, 5) is 2.44. The topological polar surface area (TPSA) is 3.24 Å². The van der Waals surface area contributed by atoms with Crippen LogP contribution in [0.1, 0.15) is 23.6 Å². The molecule has 1 aliphatic carbocycles. The predicted octanol–water partition coefficient (Wildman–Crippen LogP) is 18.6. The second-order valence-corrected chi connectivity index (χ2v) is 18.5. The van der Waals surface area contributed by atoms with Gasteiger partial charge in [-0.05, 0) is 142 Å². The van der Waals surface area contributed by atoms with Crippen molar-refractivity contribution in [3.63, 3.8) is 0 Å². The van der Waals surface area contributed by atoms with Crippen molar-refractivity contribution < 1.29 is 0 Å². The third-order valence-electron chi connectivity index (χ3n) is 14.8. The lowest BCUT2D eigenvalue weighted by atomic mass is 9.74. The molecule has 0 fully saturated rings. The van der Waals surface area contributed by atoms with E-state index in [1.807, 2.05) is 0 Å². The molecule has 0 saturated carbocycles. The first-order chi connectivity index (χ1) is 34.1. The zero-order valence-electron chi connectivity index (χ0n) is 38.4. The summed E-state index contributed by atoms with van der Waals surface area (Å²) in [5.41, 5.74) is 19.2. The van der Waals surface area contributed by atoms with Crippen molar-refractivity contribution >= 4 is 49.4 Å². The lowest BCUT2D eigenvalue weighted by molar-refractivity contribution is 0.714. The van der Waals surface area contributed by atoms with E-state index in [4.69, 9.17) is 0 Å². The SMILES string of the molecule is CC1(c2ccccc2)c2ccccc2-c2ccc(-c3ccc(N(c4ccc(-c5cccc6c5ccc5ccccc56)cc4)c4ccccc4-c4cccc5cccc(-c6ccccc6)c45)cc3)cc21. The third-order valence-corrected chi connectivity index (χ3v) is 14.8. The second kappa shape index (κ2) is 16.5. The van der Waals surface area contributed by atoms with Crippen LogP contribution in [0.4, 0.5) is 17.1 Å². The average molecular weight is 878 g/mol. The maximum atomic E-state index is 2.44. The molecule has 0 heterocycles. The molecule has 13 rings (SSSR count). The number of fused-ring (bicyclic) bond motifs is 7. The molecule has 0 N–H and O–H groups in total. The first-order valence-corrected chi connectivity index (χ1v) is 24.0. The zero-order valence-corrected chi connectivity index (χ0v) is 38.4. The van der Waals surface area contributed by atoms with Gasteiger partial charge in [0.05, 0.1) is 5.69 Å². The molecule has 0 radical (unpaired) electrons. The smallest absolute Gasteiger partial charge is 0.0540 e. The predicted molar refractivity (Wildman–Crippen MR) is 293 cm³/mol. The molecule has 0 bridgehead atoms. The van der Waals surface area contributed by atoms with Crippen LogP contribution >= 0.6 is 0 Å². The minimum absolute atomic E-state index is 0.266. The summed E-state index contributed by atoms with van der Waals surface area (Å²) in [5.74, 6) is 0. The lowest BCUT2D eigenvalue weighted by Crippen LogP contribution is -2.22. The van der Waals surface area contributed by atoms with Crippen molar-refractivity contribution in [1.82, 2.24) is 0 Å². The molecule has 0 aromatic heterocycles. The number of para-hydroxylation sites is 1. The van der Waals surface area contributed by atoms with Crippen LogP contribution in [0.15, 0.2) is 267 Å². The van der Waals surface area contributed by atoms with Gasteiger partial charge in [-0.1, -0.05) is 231 Å². The van der Waals surface area contributed by atoms with Crippen LogP contribution in [0.2, 0.25) is 0 Å². The van der Waals surface area contributed by atoms with Crippen LogP contribution in [0.5, 0.6) is 0 Å². The highest BCUT2D eigenvalue weighted by molar-refractivity contribution is 6.12. The molecule has 324 valence electrons. The quantitative estimate of drug-likeness (QED) is 0.138. The van der Waals surface area contributed by atoms with Gasteiger partial charge in [0.1, 0.15) is 0 Å². The number of nitrogens with zero attached hydrogens (tertiary/aromatic N) is 1. The van der Waals surface area contributed by atoms with Gasteiger partial charge in [0.15, 0.2) is 0 Å². The maximum Gasteiger partial charge on any atom is 0.0540 e. The number of anilines is 3. The van der Waals surface area contributed by atoms with Crippen molar-refractivity contribution in [2.45, 2.75) is 12.3 Å². The van der Waals surface area contributed by atoms with Gasteiger partial charge in [-0.15, -0.1) is 0 Å². The molecular weight excluding hydrogens is 831 g/mol. The first-order valence-electron chi connectivity index (χ1n) is 24.0. The van der Waals surface area contributed by atoms with E-state index in [0.29, 0.717) is 0 Å². The minimum atomic E-state index is -0.266. The molecule has 1 nitrogen and oxygen atoms in total. The Hall–Kier alpha value is -8.78. The largest absolute Gasteiger partial charge is 0.310 e. The Bertz CT molecular complexity index is 3880. The molecule has 12 aromatic carbocycles. The monoisotopic (exact) mass is 877 g/mol. The fourth-order valence-electron chi connectivity index (χ4n) is 11.4. The van der Waals surface area contributed by atoms with E-state index in [9.17, 15) is 0 Å². The molecule has 0 spiro atoms. The van der Waals surface area contributed by atoms with Crippen LogP contribution in [0.25, 0.3) is 88.0 Å². The number of hydrogen-bond donors (Lipinski definition) is 0. The Labute approximate surface area is 403 Å². The van der Waals surface area contributed by atoms with Gasteiger partial charge in [0.25, 0.3) is 0 Å². The van der Waals surface area contributed by atoms with Gasteiger partial charge in [-0.3, -0.25) is 0 Å². The van der Waals surface area contributed by atoms with Crippen LogP contribution in [-0.4, -0.2) is 0 Å². The molecule has 69 heavy (non-hydrogen) atoms. The van der Waals surface area contributed by atoms with Crippen molar-refractivity contribution in [3.8, 4) is 55.6 Å². The summed E-state index contributed by atoms with van der Waals surface area (Å²) in [6, 6.07) is 98.3. The number of rotatable bonds is 8. The standard InChI is InChI=1S/C68H47N/c1-68(52-22-6-3-7-23-52)64-31-12-10-25-60(64)61-44-38-51(45-65(61)68)46-33-39-53(40-34-46)69(54-41-35-49(36-42-54)56-27-16-29-58-55-24-9-8-19-48(55)37-43-59(56)58)66-32-13-11-26-62(66)63-30-15-21-50-20-14-28-57(67(50)63)47-17-4-2-5-18-47/h2-45H,1H3. The summed E-state index contributed by atoms with van der Waals surface area (Å²) in [6.07, 6.45) is 0. The zero-order chi connectivity index (χ0) is 45.9. The van der Waals surface area contributed by atoms with Crippen molar-refractivity contribution in [1.29, 1.82) is 0 Å². The highest BCUT2D eigenvalue weighted by Crippen LogP contribution is 2.53. The molecule has 0 aliphatic heterocycles. The van der Waals surface area contributed by atoms with Gasteiger partial charge in [-0.25, -0.2) is 0 Å². The molecule has 1 aliphatic rings. The summed E-state index contributed by atoms with van der Waals surface area (Å²) < 4.78 is 0. The minimum Gasteiger partial charge on any atom is -0.310 e. The molecule has 0 amide bonds. The number of hydrogen-bond acceptors (Lipinski definition) is 1. The molecule has 1 heteroatoms. The van der Waals surface area contributed by atoms with E-state index < -0.39 is 0 Å². The molecule has 1 atom stereocenters. The molecule has 1 unspecified atom stereocenters. The lowest BCUT2D eigenvalue weighted by Gasteiger charge is -2.29. The molecule has 0 saturated heterocycles. The Balaban J connectivity index is 0.955. The summed E-state index contributed by atoms with van der Waals surface area (Å²) >= 11 is 0. The third kappa shape index (κ3) is 6.69. The van der Waals surface area contributed by atoms with E-state index in [2.05, 4.69) is 279 Å². The summed E-state index contributed by atoms with van der Waals surface area (Å²) in [6.45, 7) is 2.39. The first kappa shape index (κ1) is 40.5. The van der Waals surface area contributed by atoms with Gasteiger partial charge in [0, 0.05) is 22.4 Å². The summed E-state index contributed by atoms with van der Waals surface area (Å²) in [5, 5.41) is 7.52. The Kier molecular flexibility index (Phi) is 9.70. The van der Waals surface area contributed by atoms with Crippen molar-refractivity contribution in [2.75, 3.05) is 4.90 Å². The van der Waals surface area contributed by atoms with Crippen molar-refractivity contribution in [3.05, 3.63) is 284 Å². The van der Waals surface area contributed by atoms with Gasteiger partial charge < -0.3 is 4.90 Å². The van der Waals surface area contributed by atoms with Gasteiger partial charge in [-0.2, -0.15) is 0 Å². The Morgan fingerprint density at radius 2 is 0.826 bits per heavy atom. The van der Waals surface area contributed by atoms with Gasteiger partial charge >= 0.3 is 0 Å². The van der Waals surface area contributed by atoms with Crippen LogP contribution in [-0.2, 0) is 5.41 Å². The van der Waals surface area contributed by atoms with Crippen molar-refractivity contribution in [2.24, 2.45) is 0 Å². The highest BCUT2D eigenvalue weighted by atomic mass is 15.1. The second-order valence-electron chi connectivity index (χ2n) is 18.5. The Morgan fingerprint density at radius 1 is 0.290 bits per heavy atom. The maximum absolute atomic E-state index is 2.44. The van der Waals surface area contributed by atoms with E-state index >= 15 is 0 Å². The van der Waals surface area contributed by atoms with Crippen LogP contribution in [0, 0.1) is 0 Å². The molecule has 12 aromatic rings. The number of benzene rings is 12. The highest BCUT2D eigenvalue weighted by Gasteiger charge is 2.40. The van der Waals surface area contributed by atoms with Crippen LogP contribution in [0.3, 0.4) is 0 Å². The van der Waals surface area contributed by atoms with E-state index in [1.54, 1.807) is 0 Å². The van der Waals surface area contributed by atoms with E-state index in [1.165, 1.54) is 105 Å². The molecular formula is C68H47N. The average Bonchev–Trinajstić information content (AvgIpc) is 3.69. The summed E-state index contributed by atoms with van der Waals surface area (Å²) in [7, 11) is 0.